The number of carboxylic acids is 1. The van der Waals surface area contributed by atoms with Crippen LogP contribution in [-0.4, -0.2) is 34.1 Å². The lowest BCUT2D eigenvalue weighted by molar-refractivity contribution is -0.135. The Morgan fingerprint density at radius 2 is 1.88 bits per heavy atom. The van der Waals surface area contributed by atoms with Gasteiger partial charge >= 0.3 is 5.97 Å². The van der Waals surface area contributed by atoms with Gasteiger partial charge in [0.05, 0.1) is 5.69 Å². The number of hydrogen-bond acceptors (Lipinski definition) is 5. The van der Waals surface area contributed by atoms with Gasteiger partial charge in [-0.3, -0.25) is 14.4 Å². The Morgan fingerprint density at radius 3 is 2.52 bits per heavy atom. The topological polar surface area (TPSA) is 77.9 Å². The molecule has 6 nitrogen and oxygen atoms in total. The van der Waals surface area contributed by atoms with Crippen molar-refractivity contribution >= 4 is 40.3 Å². The number of para-hydroxylation sites is 1. The summed E-state index contributed by atoms with van der Waals surface area (Å²) in [6.45, 7) is 1.50. The van der Waals surface area contributed by atoms with E-state index >= 15 is 0 Å². The molecule has 0 saturated carbocycles. The highest BCUT2D eigenvalue weighted by atomic mass is 32.2. The summed E-state index contributed by atoms with van der Waals surface area (Å²) >= 11 is 0.827. The number of carbonyl (C=O) groups is 3. The Hall–Kier alpha value is -2.80. The van der Waals surface area contributed by atoms with Crippen molar-refractivity contribution < 1.29 is 19.5 Å². The third-order valence-corrected chi connectivity index (χ3v) is 4.83. The summed E-state index contributed by atoms with van der Waals surface area (Å²) in [4.78, 5) is 39.1. The number of hydrogen-bond donors (Lipinski definition) is 1. The highest BCUT2D eigenvalue weighted by Crippen LogP contribution is 2.35. The quantitative estimate of drug-likeness (QED) is 0.887. The minimum absolute atomic E-state index is 0.373. The van der Waals surface area contributed by atoms with E-state index in [9.17, 15) is 19.5 Å². The van der Waals surface area contributed by atoms with E-state index in [4.69, 9.17) is 0 Å². The second-order valence-electron chi connectivity index (χ2n) is 5.61. The molecule has 1 aliphatic heterocycles. The van der Waals surface area contributed by atoms with Crippen LogP contribution in [0.15, 0.2) is 54.6 Å². The van der Waals surface area contributed by atoms with Crippen molar-refractivity contribution in [2.45, 2.75) is 12.3 Å². The minimum atomic E-state index is -1.07. The number of carbonyl (C=O) groups excluding carboxylic acids is 2. The smallest absolute Gasteiger partial charge is 0.323 e. The van der Waals surface area contributed by atoms with Gasteiger partial charge in [0.2, 0.25) is 0 Å². The first-order chi connectivity index (χ1) is 12.0. The second-order valence-corrected chi connectivity index (χ2v) is 6.64. The number of nitrogens with zero attached hydrogens (tertiary/aromatic N) is 2. The Labute approximate surface area is 149 Å². The molecule has 0 radical (unpaired) electrons. The van der Waals surface area contributed by atoms with E-state index in [1.54, 1.807) is 48.5 Å². The van der Waals surface area contributed by atoms with E-state index in [2.05, 4.69) is 0 Å². The van der Waals surface area contributed by atoms with Crippen LogP contribution in [0.2, 0.25) is 0 Å². The van der Waals surface area contributed by atoms with Crippen molar-refractivity contribution in [2.24, 2.45) is 0 Å². The average Bonchev–Trinajstić information content (AvgIpc) is 2.87. The molecule has 1 N–H and O–H groups in total. The zero-order valence-corrected chi connectivity index (χ0v) is 14.3. The predicted molar refractivity (Wildman–Crippen MR) is 96.9 cm³/mol. The van der Waals surface area contributed by atoms with Gasteiger partial charge in [-0.25, -0.2) is 4.90 Å². The van der Waals surface area contributed by atoms with E-state index in [0.717, 1.165) is 22.2 Å². The fourth-order valence-electron chi connectivity index (χ4n) is 2.67. The van der Waals surface area contributed by atoms with E-state index < -0.39 is 22.5 Å². The molecule has 1 saturated heterocycles. The molecule has 2 aromatic rings. The molecule has 2 amide bonds. The van der Waals surface area contributed by atoms with Crippen molar-refractivity contribution in [2.75, 3.05) is 16.3 Å². The third kappa shape index (κ3) is 3.51. The average molecular weight is 356 g/mol. The summed E-state index contributed by atoms with van der Waals surface area (Å²) < 4.78 is 0. The Bertz CT molecular complexity index is 825. The summed E-state index contributed by atoms with van der Waals surface area (Å²) in [6, 6.07) is 15.8. The maximum atomic E-state index is 12.9. The molecule has 1 aliphatic rings. The Balaban J connectivity index is 1.94. The molecule has 0 bridgehead atoms. The molecule has 3 rings (SSSR count). The van der Waals surface area contributed by atoms with Crippen LogP contribution in [0.1, 0.15) is 5.56 Å². The lowest BCUT2D eigenvalue weighted by Crippen LogP contribution is -2.44. The number of carboxylic acid groups (broad SMARTS) is 1. The normalized spacial score (nSPS) is 17.0. The first kappa shape index (κ1) is 17.0. The molecule has 1 heterocycles. The van der Waals surface area contributed by atoms with Gasteiger partial charge in [0, 0.05) is 5.69 Å². The van der Waals surface area contributed by atoms with Gasteiger partial charge in [-0.1, -0.05) is 30.3 Å². The zero-order valence-electron chi connectivity index (χ0n) is 13.5. The number of thioether (sulfide) groups is 1. The van der Waals surface area contributed by atoms with E-state index in [1.807, 2.05) is 13.0 Å². The number of amides is 2. The highest BCUT2D eigenvalue weighted by Gasteiger charge is 2.44. The van der Waals surface area contributed by atoms with Crippen LogP contribution in [0.3, 0.4) is 0 Å². The molecule has 1 fully saturated rings. The van der Waals surface area contributed by atoms with Gasteiger partial charge in [0.15, 0.2) is 5.37 Å². The van der Waals surface area contributed by atoms with Crippen LogP contribution in [-0.2, 0) is 9.59 Å². The fraction of sp³-hybridized carbons (Fsp3) is 0.167. The van der Waals surface area contributed by atoms with Crippen LogP contribution in [0, 0.1) is 6.92 Å². The number of aliphatic carboxylic acids is 1. The van der Waals surface area contributed by atoms with Gasteiger partial charge in [0.1, 0.15) is 6.54 Å². The van der Waals surface area contributed by atoms with Crippen molar-refractivity contribution in [3.63, 3.8) is 0 Å². The minimum Gasteiger partial charge on any atom is -0.480 e. The van der Waals surface area contributed by atoms with Crippen LogP contribution in [0.25, 0.3) is 0 Å². The van der Waals surface area contributed by atoms with Crippen LogP contribution < -0.4 is 9.80 Å². The Morgan fingerprint density at radius 1 is 1.16 bits per heavy atom. The van der Waals surface area contributed by atoms with Gasteiger partial charge < -0.3 is 10.0 Å². The molecular formula is C18H16N2O4S. The molecular weight excluding hydrogens is 340 g/mol. The molecule has 1 atom stereocenters. The first-order valence-electron chi connectivity index (χ1n) is 7.62. The van der Waals surface area contributed by atoms with Gasteiger partial charge in [-0.15, -0.1) is 0 Å². The molecule has 25 heavy (non-hydrogen) atoms. The maximum Gasteiger partial charge on any atom is 0.323 e. The second kappa shape index (κ2) is 6.98. The fourth-order valence-corrected chi connectivity index (χ4v) is 3.69. The molecule has 7 heteroatoms. The van der Waals surface area contributed by atoms with Crippen molar-refractivity contribution in [1.82, 2.24) is 0 Å². The largest absolute Gasteiger partial charge is 0.480 e. The predicted octanol–water partition coefficient (Wildman–Crippen LogP) is 3.11. The summed E-state index contributed by atoms with van der Waals surface area (Å²) in [7, 11) is 0. The number of rotatable bonds is 5. The molecule has 1 unspecified atom stereocenters. The summed E-state index contributed by atoms with van der Waals surface area (Å²) in [5.74, 6) is -1.51. The molecule has 0 aliphatic carbocycles. The van der Waals surface area contributed by atoms with E-state index in [0.29, 0.717) is 11.4 Å². The molecule has 0 aromatic heterocycles. The van der Waals surface area contributed by atoms with Crippen LogP contribution >= 0.6 is 11.8 Å². The number of aryl methyl sites for hydroxylation is 1. The summed E-state index contributed by atoms with van der Waals surface area (Å²) in [6.07, 6.45) is 0. The SMILES string of the molecule is Cc1cccc(N2C(=O)SC(N(CC(=O)O)c3ccccc3)C2=O)c1. The lowest BCUT2D eigenvalue weighted by atomic mass is 10.2. The summed E-state index contributed by atoms with van der Waals surface area (Å²) in [5.41, 5.74) is 2.00. The standard InChI is InChI=1S/C18H16N2O4S/c1-12-6-5-9-14(10-12)20-16(23)17(25-18(20)24)19(11-15(21)22)13-7-3-2-4-8-13/h2-10,17H,11H2,1H3,(H,21,22). The van der Waals surface area contributed by atoms with E-state index in [-0.39, 0.29) is 6.54 Å². The third-order valence-electron chi connectivity index (χ3n) is 3.76. The zero-order chi connectivity index (χ0) is 18.0. The van der Waals surface area contributed by atoms with Crippen LogP contribution in [0.4, 0.5) is 16.2 Å². The Kier molecular flexibility index (Phi) is 4.76. The number of imide groups is 1. The van der Waals surface area contributed by atoms with Crippen molar-refractivity contribution in [1.29, 1.82) is 0 Å². The summed E-state index contributed by atoms with van der Waals surface area (Å²) in [5, 5.41) is 7.90. The van der Waals surface area contributed by atoms with Crippen molar-refractivity contribution in [3.8, 4) is 0 Å². The molecule has 2 aromatic carbocycles. The van der Waals surface area contributed by atoms with Gasteiger partial charge in [-0.05, 0) is 48.5 Å². The number of anilines is 2. The van der Waals surface area contributed by atoms with E-state index in [1.165, 1.54) is 4.90 Å². The number of benzene rings is 2. The molecule has 0 spiro atoms. The van der Waals surface area contributed by atoms with Gasteiger partial charge in [0.25, 0.3) is 11.1 Å². The maximum absolute atomic E-state index is 12.9. The van der Waals surface area contributed by atoms with Crippen LogP contribution in [0.5, 0.6) is 0 Å². The highest BCUT2D eigenvalue weighted by molar-refractivity contribution is 8.16. The monoisotopic (exact) mass is 356 g/mol. The van der Waals surface area contributed by atoms with Crippen molar-refractivity contribution in [3.05, 3.63) is 60.2 Å². The lowest BCUT2D eigenvalue weighted by Gasteiger charge is -2.27. The van der Waals surface area contributed by atoms with Gasteiger partial charge in [-0.2, -0.15) is 0 Å². The molecule has 128 valence electrons. The first-order valence-corrected chi connectivity index (χ1v) is 8.50.